The molecule has 0 amide bonds. The molecule has 4 atom stereocenters. The first-order valence-corrected chi connectivity index (χ1v) is 7.67. The van der Waals surface area contributed by atoms with Crippen molar-refractivity contribution in [1.82, 2.24) is 4.90 Å². The maximum atomic E-state index is 12.3. The highest BCUT2D eigenvalue weighted by atomic mass is 16.5. The van der Waals surface area contributed by atoms with Gasteiger partial charge in [-0.1, -0.05) is 18.2 Å². The lowest BCUT2D eigenvalue weighted by molar-refractivity contribution is -0.152. The summed E-state index contributed by atoms with van der Waals surface area (Å²) in [5.41, 5.74) is 0.542. The molecule has 1 aromatic rings. The van der Waals surface area contributed by atoms with E-state index in [1.165, 1.54) is 7.11 Å². The van der Waals surface area contributed by atoms with E-state index in [1.54, 1.807) is 12.1 Å². The number of carbonyl (C=O) groups is 2. The molecular formula is C17H21NO4. The van der Waals surface area contributed by atoms with Gasteiger partial charge in [0.2, 0.25) is 0 Å². The minimum atomic E-state index is -0.326. The first-order chi connectivity index (χ1) is 10.6. The standard InChI is InChI=1S/C17H21NO4/c1-18-13-8-9-14(18)15(10-12(13)17(20)21-2)22-16(19)11-6-4-3-5-7-11/h3-7,12-15H,8-10H2,1-2H3. The largest absolute Gasteiger partial charge is 0.469 e. The lowest BCUT2D eigenvalue weighted by Gasteiger charge is -2.40. The van der Waals surface area contributed by atoms with E-state index in [2.05, 4.69) is 4.90 Å². The number of carbonyl (C=O) groups excluding carboxylic acids is 2. The number of hydrogen-bond donors (Lipinski definition) is 0. The Balaban J connectivity index is 1.75. The Bertz CT molecular complexity index is 559. The molecule has 0 radical (unpaired) electrons. The monoisotopic (exact) mass is 303 g/mol. The van der Waals surface area contributed by atoms with E-state index in [1.807, 2.05) is 25.2 Å². The SMILES string of the molecule is COC(=O)C1CC(OC(=O)c2ccccc2)C2CCC1N2C. The zero-order valence-electron chi connectivity index (χ0n) is 12.9. The number of rotatable bonds is 3. The van der Waals surface area contributed by atoms with Crippen LogP contribution in [-0.4, -0.2) is 49.2 Å². The molecule has 2 aliphatic rings. The van der Waals surface area contributed by atoms with E-state index in [-0.39, 0.29) is 36.0 Å². The fourth-order valence-corrected chi connectivity index (χ4v) is 3.80. The fraction of sp³-hybridized carbons (Fsp3) is 0.529. The summed E-state index contributed by atoms with van der Waals surface area (Å²) in [5.74, 6) is -0.756. The quantitative estimate of drug-likeness (QED) is 0.798. The molecule has 2 bridgehead atoms. The van der Waals surface area contributed by atoms with E-state index in [9.17, 15) is 9.59 Å². The molecule has 0 spiro atoms. The highest BCUT2D eigenvalue weighted by Gasteiger charge is 2.50. The predicted molar refractivity (Wildman–Crippen MR) is 80.3 cm³/mol. The van der Waals surface area contributed by atoms with Gasteiger partial charge >= 0.3 is 11.9 Å². The van der Waals surface area contributed by atoms with E-state index in [0.29, 0.717) is 12.0 Å². The van der Waals surface area contributed by atoms with E-state index < -0.39 is 0 Å². The Labute approximate surface area is 130 Å². The van der Waals surface area contributed by atoms with E-state index >= 15 is 0 Å². The number of esters is 2. The van der Waals surface area contributed by atoms with Crippen LogP contribution in [0.4, 0.5) is 0 Å². The Hall–Kier alpha value is -1.88. The van der Waals surface area contributed by atoms with Gasteiger partial charge in [-0.25, -0.2) is 4.79 Å². The molecule has 0 saturated carbocycles. The minimum Gasteiger partial charge on any atom is -0.469 e. The lowest BCUT2D eigenvalue weighted by atomic mass is 9.89. The third-order valence-corrected chi connectivity index (χ3v) is 4.96. The Morgan fingerprint density at radius 3 is 2.50 bits per heavy atom. The highest BCUT2D eigenvalue weighted by molar-refractivity contribution is 5.89. The summed E-state index contributed by atoms with van der Waals surface area (Å²) in [5, 5.41) is 0. The summed E-state index contributed by atoms with van der Waals surface area (Å²) in [4.78, 5) is 26.5. The zero-order chi connectivity index (χ0) is 15.7. The number of piperidine rings is 1. The molecule has 4 unspecified atom stereocenters. The van der Waals surface area contributed by atoms with Crippen molar-refractivity contribution < 1.29 is 19.1 Å². The molecule has 0 N–H and O–H groups in total. The van der Waals surface area contributed by atoms with Gasteiger partial charge in [0.25, 0.3) is 0 Å². The Morgan fingerprint density at radius 2 is 1.82 bits per heavy atom. The molecule has 2 aliphatic heterocycles. The molecule has 0 aliphatic carbocycles. The second kappa shape index (κ2) is 6.08. The van der Waals surface area contributed by atoms with Gasteiger partial charge in [-0.3, -0.25) is 9.69 Å². The normalized spacial score (nSPS) is 30.8. The zero-order valence-corrected chi connectivity index (χ0v) is 12.9. The molecule has 118 valence electrons. The minimum absolute atomic E-state index is 0.193. The Kier molecular flexibility index (Phi) is 4.16. The van der Waals surface area contributed by atoms with Crippen molar-refractivity contribution in [3.05, 3.63) is 35.9 Å². The van der Waals surface area contributed by atoms with Gasteiger partial charge in [-0.05, 0) is 32.0 Å². The van der Waals surface area contributed by atoms with Gasteiger partial charge in [0, 0.05) is 18.5 Å². The van der Waals surface area contributed by atoms with Crippen LogP contribution >= 0.6 is 0 Å². The number of hydrogen-bond acceptors (Lipinski definition) is 5. The van der Waals surface area contributed by atoms with Crippen LogP contribution in [-0.2, 0) is 14.3 Å². The van der Waals surface area contributed by atoms with Gasteiger partial charge < -0.3 is 9.47 Å². The molecular weight excluding hydrogens is 282 g/mol. The van der Waals surface area contributed by atoms with Crippen molar-refractivity contribution in [1.29, 1.82) is 0 Å². The number of benzene rings is 1. The lowest BCUT2D eigenvalue weighted by Crippen LogP contribution is -2.53. The van der Waals surface area contributed by atoms with E-state index in [0.717, 1.165) is 12.8 Å². The molecule has 2 fully saturated rings. The van der Waals surface area contributed by atoms with Gasteiger partial charge in [0.1, 0.15) is 6.10 Å². The second-order valence-corrected chi connectivity index (χ2v) is 6.05. The number of likely N-dealkylation sites (N-methyl/N-ethyl adjacent to an activating group) is 1. The van der Waals surface area contributed by atoms with Crippen LogP contribution in [0.15, 0.2) is 30.3 Å². The second-order valence-electron chi connectivity index (χ2n) is 6.05. The summed E-state index contributed by atoms with van der Waals surface area (Å²) >= 11 is 0. The van der Waals surface area contributed by atoms with Crippen LogP contribution in [0.1, 0.15) is 29.6 Å². The Morgan fingerprint density at radius 1 is 1.14 bits per heavy atom. The highest BCUT2D eigenvalue weighted by Crippen LogP contribution is 2.40. The van der Waals surface area contributed by atoms with Crippen LogP contribution < -0.4 is 0 Å². The molecule has 5 heteroatoms. The van der Waals surface area contributed by atoms with Gasteiger partial charge in [0.15, 0.2) is 0 Å². The van der Waals surface area contributed by atoms with Gasteiger partial charge in [-0.2, -0.15) is 0 Å². The number of fused-ring (bicyclic) bond motifs is 2. The molecule has 22 heavy (non-hydrogen) atoms. The van der Waals surface area contributed by atoms with Crippen molar-refractivity contribution in [2.45, 2.75) is 37.5 Å². The van der Waals surface area contributed by atoms with Crippen LogP contribution in [0.25, 0.3) is 0 Å². The summed E-state index contributed by atoms with van der Waals surface area (Å²) in [7, 11) is 3.41. The van der Waals surface area contributed by atoms with Crippen LogP contribution in [0.3, 0.4) is 0 Å². The molecule has 2 saturated heterocycles. The predicted octanol–water partition coefficient (Wildman–Crippen LogP) is 1.87. The van der Waals surface area contributed by atoms with E-state index in [4.69, 9.17) is 9.47 Å². The van der Waals surface area contributed by atoms with Crippen LogP contribution in [0, 0.1) is 5.92 Å². The molecule has 5 nitrogen and oxygen atoms in total. The molecule has 3 rings (SSSR count). The molecule has 0 aromatic heterocycles. The number of nitrogens with zero attached hydrogens (tertiary/aromatic N) is 1. The van der Waals surface area contributed by atoms with Crippen LogP contribution in [0.5, 0.6) is 0 Å². The van der Waals surface area contributed by atoms with Gasteiger partial charge in [0.05, 0.1) is 18.6 Å². The van der Waals surface area contributed by atoms with Crippen molar-refractivity contribution in [2.75, 3.05) is 14.2 Å². The van der Waals surface area contributed by atoms with Crippen molar-refractivity contribution in [3.8, 4) is 0 Å². The average molecular weight is 303 g/mol. The third-order valence-electron chi connectivity index (χ3n) is 4.96. The first-order valence-electron chi connectivity index (χ1n) is 7.67. The van der Waals surface area contributed by atoms with Crippen molar-refractivity contribution >= 4 is 11.9 Å². The number of ether oxygens (including phenoxy) is 2. The average Bonchev–Trinajstić information content (AvgIpc) is 2.81. The summed E-state index contributed by atoms with van der Waals surface area (Å²) in [6.45, 7) is 0. The molecule has 1 aromatic carbocycles. The van der Waals surface area contributed by atoms with Crippen molar-refractivity contribution in [3.63, 3.8) is 0 Å². The summed E-state index contributed by atoms with van der Waals surface area (Å²) < 4.78 is 10.6. The topological polar surface area (TPSA) is 55.8 Å². The third kappa shape index (κ3) is 2.61. The smallest absolute Gasteiger partial charge is 0.338 e. The maximum absolute atomic E-state index is 12.3. The molecule has 2 heterocycles. The number of methoxy groups -OCH3 is 1. The fourth-order valence-electron chi connectivity index (χ4n) is 3.80. The first kappa shape index (κ1) is 15.0. The maximum Gasteiger partial charge on any atom is 0.338 e. The summed E-state index contributed by atoms with van der Waals surface area (Å²) in [6.07, 6.45) is 2.17. The van der Waals surface area contributed by atoms with Gasteiger partial charge in [-0.15, -0.1) is 0 Å². The van der Waals surface area contributed by atoms with Crippen molar-refractivity contribution in [2.24, 2.45) is 5.92 Å². The summed E-state index contributed by atoms with van der Waals surface area (Å²) in [6, 6.07) is 9.36. The van der Waals surface area contributed by atoms with Crippen LogP contribution in [0.2, 0.25) is 0 Å².